The first-order chi connectivity index (χ1) is 4.63. The van der Waals surface area contributed by atoms with E-state index in [4.69, 9.17) is 11.6 Å². The molecule has 0 aromatic heterocycles. The van der Waals surface area contributed by atoms with Crippen molar-refractivity contribution < 1.29 is 8.78 Å². The molecule has 1 rings (SSSR count). The van der Waals surface area contributed by atoms with E-state index in [-0.39, 0.29) is 0 Å². The maximum absolute atomic E-state index is 12.6. The minimum Gasteiger partial charge on any atom is -0.205 e. The highest BCUT2D eigenvalue weighted by Crippen LogP contribution is 2.20. The van der Waals surface area contributed by atoms with Crippen molar-refractivity contribution in [2.45, 2.75) is 6.92 Å². The van der Waals surface area contributed by atoms with Crippen molar-refractivity contribution in [1.29, 1.82) is 0 Å². The van der Waals surface area contributed by atoms with Crippen LogP contribution in [0.15, 0.2) is 12.1 Å². The summed E-state index contributed by atoms with van der Waals surface area (Å²) in [5.74, 6) is -1.40. The SMILES string of the molecule is Cc1ccc(F)c(Cl)c1F. The van der Waals surface area contributed by atoms with E-state index in [9.17, 15) is 8.78 Å². The van der Waals surface area contributed by atoms with Crippen LogP contribution in [0.1, 0.15) is 5.56 Å². The van der Waals surface area contributed by atoms with Crippen molar-refractivity contribution in [2.24, 2.45) is 0 Å². The summed E-state index contributed by atoms with van der Waals surface area (Å²) in [6, 6.07) is 2.48. The molecule has 0 saturated heterocycles. The van der Waals surface area contributed by atoms with Crippen LogP contribution in [-0.2, 0) is 0 Å². The molecule has 54 valence electrons. The summed E-state index contributed by atoms with van der Waals surface area (Å²) in [5, 5.41) is -0.431. The summed E-state index contributed by atoms with van der Waals surface area (Å²) in [6.07, 6.45) is 0. The molecule has 0 bridgehead atoms. The Kier molecular flexibility index (Phi) is 1.90. The van der Waals surface area contributed by atoms with Gasteiger partial charge in [-0.3, -0.25) is 0 Å². The van der Waals surface area contributed by atoms with Crippen LogP contribution in [0.25, 0.3) is 0 Å². The molecule has 1 aromatic carbocycles. The second kappa shape index (κ2) is 2.54. The number of hydrogen-bond acceptors (Lipinski definition) is 0. The molecule has 0 N–H and O–H groups in total. The Balaban J connectivity index is 3.34. The van der Waals surface area contributed by atoms with Gasteiger partial charge in [-0.25, -0.2) is 8.78 Å². The molecule has 3 heteroatoms. The van der Waals surface area contributed by atoms with Crippen LogP contribution in [0.2, 0.25) is 5.02 Å². The average molecular weight is 163 g/mol. The highest BCUT2D eigenvalue weighted by molar-refractivity contribution is 6.30. The fourth-order valence-corrected chi connectivity index (χ4v) is 0.834. The summed E-state index contributed by atoms with van der Waals surface area (Å²) < 4.78 is 25.0. The molecule has 0 radical (unpaired) electrons. The van der Waals surface area contributed by atoms with Gasteiger partial charge in [-0.2, -0.15) is 0 Å². The molecule has 0 aliphatic heterocycles. The molecule has 0 aliphatic carbocycles. The van der Waals surface area contributed by atoms with Crippen molar-refractivity contribution in [3.05, 3.63) is 34.4 Å². The summed E-state index contributed by atoms with van der Waals surface area (Å²) in [7, 11) is 0. The molecule has 0 nitrogen and oxygen atoms in total. The van der Waals surface area contributed by atoms with Crippen molar-refractivity contribution in [3.8, 4) is 0 Å². The zero-order valence-corrected chi connectivity index (χ0v) is 6.04. The summed E-state index contributed by atoms with van der Waals surface area (Å²) >= 11 is 5.23. The molecule has 0 fully saturated rings. The molecule has 0 atom stereocenters. The third-order valence-electron chi connectivity index (χ3n) is 1.23. The smallest absolute Gasteiger partial charge is 0.147 e. The molecule has 0 amide bonds. The number of rotatable bonds is 0. The Hall–Kier alpha value is -0.630. The zero-order chi connectivity index (χ0) is 7.72. The number of halogens is 3. The third-order valence-corrected chi connectivity index (χ3v) is 1.57. The highest BCUT2D eigenvalue weighted by atomic mass is 35.5. The third kappa shape index (κ3) is 1.12. The van der Waals surface area contributed by atoms with Gasteiger partial charge < -0.3 is 0 Å². The lowest BCUT2D eigenvalue weighted by Crippen LogP contribution is -1.86. The fraction of sp³-hybridized carbons (Fsp3) is 0.143. The van der Waals surface area contributed by atoms with E-state index in [0.29, 0.717) is 5.56 Å². The van der Waals surface area contributed by atoms with Crippen LogP contribution in [0.4, 0.5) is 8.78 Å². The minimum atomic E-state index is -0.718. The molecule has 0 spiro atoms. The summed E-state index contributed by atoms with van der Waals surface area (Å²) in [6.45, 7) is 1.53. The van der Waals surface area contributed by atoms with Gasteiger partial charge >= 0.3 is 0 Å². The van der Waals surface area contributed by atoms with E-state index in [1.165, 1.54) is 13.0 Å². The van der Waals surface area contributed by atoms with Crippen molar-refractivity contribution in [1.82, 2.24) is 0 Å². The quantitative estimate of drug-likeness (QED) is 0.515. The number of aryl methyl sites for hydroxylation is 1. The second-order valence-corrected chi connectivity index (χ2v) is 2.37. The molecular weight excluding hydrogens is 158 g/mol. The second-order valence-electron chi connectivity index (χ2n) is 1.99. The first-order valence-electron chi connectivity index (χ1n) is 2.73. The molecule has 0 heterocycles. The van der Waals surface area contributed by atoms with E-state index in [2.05, 4.69) is 0 Å². The van der Waals surface area contributed by atoms with Crippen molar-refractivity contribution in [2.75, 3.05) is 0 Å². The van der Waals surface area contributed by atoms with E-state index in [1.54, 1.807) is 0 Å². The monoisotopic (exact) mass is 162 g/mol. The van der Waals surface area contributed by atoms with Crippen molar-refractivity contribution in [3.63, 3.8) is 0 Å². The molecule has 0 unspecified atom stereocenters. The van der Waals surface area contributed by atoms with Crippen LogP contribution in [0, 0.1) is 18.6 Å². The fourth-order valence-electron chi connectivity index (χ4n) is 0.622. The number of benzene rings is 1. The predicted octanol–water partition coefficient (Wildman–Crippen LogP) is 2.93. The van der Waals surface area contributed by atoms with Gasteiger partial charge in [0.1, 0.15) is 16.7 Å². The highest BCUT2D eigenvalue weighted by Gasteiger charge is 2.07. The van der Waals surface area contributed by atoms with Crippen LogP contribution in [0.3, 0.4) is 0 Å². The van der Waals surface area contributed by atoms with Gasteiger partial charge in [0.2, 0.25) is 0 Å². The van der Waals surface area contributed by atoms with Crippen LogP contribution < -0.4 is 0 Å². The summed E-state index contributed by atoms with van der Waals surface area (Å²) in [4.78, 5) is 0. The molecule has 10 heavy (non-hydrogen) atoms. The lowest BCUT2D eigenvalue weighted by molar-refractivity contribution is 0.578. The standard InChI is InChI=1S/C7H5ClF2/c1-4-2-3-5(9)6(8)7(4)10/h2-3H,1H3. The topological polar surface area (TPSA) is 0 Å². The zero-order valence-electron chi connectivity index (χ0n) is 5.29. The Morgan fingerprint density at radius 3 is 2.40 bits per heavy atom. The molecular formula is C7H5ClF2. The minimum absolute atomic E-state index is 0.353. The van der Waals surface area contributed by atoms with Gasteiger partial charge in [0.25, 0.3) is 0 Å². The lowest BCUT2D eigenvalue weighted by atomic mass is 10.2. The van der Waals surface area contributed by atoms with E-state index < -0.39 is 16.7 Å². The van der Waals surface area contributed by atoms with Gasteiger partial charge in [-0.1, -0.05) is 17.7 Å². The maximum Gasteiger partial charge on any atom is 0.147 e. The normalized spacial score (nSPS) is 10.0. The van der Waals surface area contributed by atoms with E-state index >= 15 is 0 Å². The van der Waals surface area contributed by atoms with E-state index in [0.717, 1.165) is 6.07 Å². The van der Waals surface area contributed by atoms with Gasteiger partial charge in [0.15, 0.2) is 0 Å². The Morgan fingerprint density at radius 2 is 1.90 bits per heavy atom. The molecule has 0 saturated carbocycles. The maximum atomic E-state index is 12.6. The lowest BCUT2D eigenvalue weighted by Gasteiger charge is -1.97. The van der Waals surface area contributed by atoms with E-state index in [1.807, 2.05) is 0 Å². The van der Waals surface area contributed by atoms with Crippen molar-refractivity contribution >= 4 is 11.6 Å². The van der Waals surface area contributed by atoms with Crippen LogP contribution >= 0.6 is 11.6 Å². The molecule has 1 aromatic rings. The first-order valence-corrected chi connectivity index (χ1v) is 3.11. The number of hydrogen-bond donors (Lipinski definition) is 0. The predicted molar refractivity (Wildman–Crippen MR) is 36.1 cm³/mol. The Bertz CT molecular complexity index is 231. The van der Waals surface area contributed by atoms with Gasteiger partial charge in [-0.05, 0) is 18.6 Å². The first kappa shape index (κ1) is 7.48. The Labute approximate surface area is 62.4 Å². The van der Waals surface area contributed by atoms with Gasteiger partial charge in [-0.15, -0.1) is 0 Å². The van der Waals surface area contributed by atoms with Crippen LogP contribution in [0.5, 0.6) is 0 Å². The largest absolute Gasteiger partial charge is 0.205 e. The van der Waals surface area contributed by atoms with Gasteiger partial charge in [0, 0.05) is 0 Å². The average Bonchev–Trinajstić information content (AvgIpc) is 1.93. The van der Waals surface area contributed by atoms with Crippen LogP contribution in [-0.4, -0.2) is 0 Å². The van der Waals surface area contributed by atoms with Gasteiger partial charge in [0.05, 0.1) is 0 Å². The summed E-state index contributed by atoms with van der Waals surface area (Å²) in [5.41, 5.74) is 0.353. The Morgan fingerprint density at radius 1 is 1.30 bits per heavy atom. The molecule has 0 aliphatic rings.